The van der Waals surface area contributed by atoms with E-state index in [1.165, 1.54) is 5.56 Å². The highest BCUT2D eigenvalue weighted by atomic mass is 32.2. The number of hydrogen-bond acceptors (Lipinski definition) is 3. The van der Waals surface area contributed by atoms with Gasteiger partial charge in [0.25, 0.3) is 0 Å². The molecule has 2 aliphatic rings. The molecule has 0 aromatic heterocycles. The van der Waals surface area contributed by atoms with E-state index in [0.717, 1.165) is 30.0 Å². The molecule has 4 heteroatoms. The molecule has 2 heterocycles. The Hall–Kier alpha value is -1.000. The summed E-state index contributed by atoms with van der Waals surface area (Å²) >= 11 is 1.88. The normalized spacial score (nSPS) is 27.1. The summed E-state index contributed by atoms with van der Waals surface area (Å²) in [6.07, 6.45) is 1.89. The molecule has 0 radical (unpaired) electrons. The molecule has 2 atom stereocenters. The molecule has 2 N–H and O–H groups in total. The van der Waals surface area contributed by atoms with Gasteiger partial charge in [-0.3, -0.25) is 4.79 Å². The SMILES string of the molecule is NC1Cc2ccccc2N(C(=O)C2CCSC2)C1. The second kappa shape index (κ2) is 4.94. The van der Waals surface area contributed by atoms with Crippen LogP contribution in [0.1, 0.15) is 12.0 Å². The van der Waals surface area contributed by atoms with Crippen molar-refractivity contribution in [3.63, 3.8) is 0 Å². The van der Waals surface area contributed by atoms with Crippen LogP contribution in [0.2, 0.25) is 0 Å². The Kier molecular flexibility index (Phi) is 3.31. The topological polar surface area (TPSA) is 46.3 Å². The van der Waals surface area contributed by atoms with Crippen LogP contribution in [0.15, 0.2) is 24.3 Å². The minimum Gasteiger partial charge on any atom is -0.326 e. The Labute approximate surface area is 112 Å². The number of carbonyl (C=O) groups excluding carboxylic acids is 1. The number of anilines is 1. The number of carbonyl (C=O) groups is 1. The van der Waals surface area contributed by atoms with E-state index in [9.17, 15) is 4.79 Å². The Morgan fingerprint density at radius 1 is 1.39 bits per heavy atom. The zero-order valence-corrected chi connectivity index (χ0v) is 11.2. The largest absolute Gasteiger partial charge is 0.326 e. The second-order valence-electron chi connectivity index (χ2n) is 5.10. The first-order chi connectivity index (χ1) is 8.75. The average Bonchev–Trinajstić information content (AvgIpc) is 2.90. The smallest absolute Gasteiger partial charge is 0.231 e. The van der Waals surface area contributed by atoms with Crippen molar-refractivity contribution >= 4 is 23.4 Å². The molecule has 2 aliphatic heterocycles. The third-order valence-corrected chi connectivity index (χ3v) is 4.89. The van der Waals surface area contributed by atoms with Crippen molar-refractivity contribution in [1.82, 2.24) is 0 Å². The van der Waals surface area contributed by atoms with Crippen molar-refractivity contribution in [3.8, 4) is 0 Å². The molecule has 3 rings (SSSR count). The van der Waals surface area contributed by atoms with E-state index in [1.54, 1.807) is 0 Å². The fourth-order valence-electron chi connectivity index (χ4n) is 2.78. The molecule has 0 saturated carbocycles. The Bertz CT molecular complexity index is 457. The number of benzene rings is 1. The molecule has 1 aromatic rings. The number of fused-ring (bicyclic) bond motifs is 1. The Balaban J connectivity index is 1.89. The van der Waals surface area contributed by atoms with Crippen molar-refractivity contribution in [2.75, 3.05) is 23.0 Å². The summed E-state index contributed by atoms with van der Waals surface area (Å²) in [6.45, 7) is 0.664. The number of hydrogen-bond donors (Lipinski definition) is 1. The van der Waals surface area contributed by atoms with Crippen LogP contribution in [-0.4, -0.2) is 30.0 Å². The number of amides is 1. The maximum atomic E-state index is 12.6. The van der Waals surface area contributed by atoms with Crippen LogP contribution in [0, 0.1) is 5.92 Å². The summed E-state index contributed by atoms with van der Waals surface area (Å²) in [6, 6.07) is 8.21. The summed E-state index contributed by atoms with van der Waals surface area (Å²) < 4.78 is 0. The van der Waals surface area contributed by atoms with Gasteiger partial charge >= 0.3 is 0 Å². The lowest BCUT2D eigenvalue weighted by atomic mass is 9.96. The molecule has 1 aromatic carbocycles. The summed E-state index contributed by atoms with van der Waals surface area (Å²) in [4.78, 5) is 14.5. The van der Waals surface area contributed by atoms with Crippen molar-refractivity contribution < 1.29 is 4.79 Å². The molecule has 3 nitrogen and oxygen atoms in total. The molecule has 0 bridgehead atoms. The second-order valence-corrected chi connectivity index (χ2v) is 6.25. The average molecular weight is 262 g/mol. The van der Waals surface area contributed by atoms with Crippen LogP contribution in [0.5, 0.6) is 0 Å². The number of para-hydroxylation sites is 1. The van der Waals surface area contributed by atoms with Gasteiger partial charge < -0.3 is 10.6 Å². The lowest BCUT2D eigenvalue weighted by Gasteiger charge is -2.34. The van der Waals surface area contributed by atoms with Gasteiger partial charge in [-0.1, -0.05) is 18.2 Å². The molecular weight excluding hydrogens is 244 g/mol. The van der Waals surface area contributed by atoms with E-state index in [1.807, 2.05) is 34.9 Å². The summed E-state index contributed by atoms with van der Waals surface area (Å²) in [5.74, 6) is 2.53. The van der Waals surface area contributed by atoms with Crippen LogP contribution >= 0.6 is 11.8 Å². The van der Waals surface area contributed by atoms with Gasteiger partial charge in [0.1, 0.15) is 0 Å². The van der Waals surface area contributed by atoms with E-state index < -0.39 is 0 Å². The minimum absolute atomic E-state index is 0.0675. The highest BCUT2D eigenvalue weighted by molar-refractivity contribution is 7.99. The van der Waals surface area contributed by atoms with Gasteiger partial charge in [-0.25, -0.2) is 0 Å². The Morgan fingerprint density at radius 2 is 2.22 bits per heavy atom. The number of rotatable bonds is 1. The quantitative estimate of drug-likeness (QED) is 0.837. The number of thioether (sulfide) groups is 1. The minimum atomic E-state index is 0.0675. The zero-order valence-electron chi connectivity index (χ0n) is 10.3. The summed E-state index contributed by atoms with van der Waals surface area (Å²) in [5, 5.41) is 0. The van der Waals surface area contributed by atoms with Crippen molar-refractivity contribution in [1.29, 1.82) is 0 Å². The van der Waals surface area contributed by atoms with Gasteiger partial charge in [-0.05, 0) is 30.2 Å². The molecule has 1 fully saturated rings. The number of nitrogens with two attached hydrogens (primary N) is 1. The Morgan fingerprint density at radius 3 is 3.00 bits per heavy atom. The van der Waals surface area contributed by atoms with Crippen LogP contribution in [-0.2, 0) is 11.2 Å². The molecule has 1 saturated heterocycles. The van der Waals surface area contributed by atoms with Gasteiger partial charge in [0, 0.05) is 29.9 Å². The first-order valence-electron chi connectivity index (χ1n) is 6.48. The third kappa shape index (κ3) is 2.15. The lowest BCUT2D eigenvalue weighted by molar-refractivity contribution is -0.121. The van der Waals surface area contributed by atoms with Crippen molar-refractivity contribution in [2.24, 2.45) is 11.7 Å². The van der Waals surface area contributed by atoms with Crippen molar-refractivity contribution in [3.05, 3.63) is 29.8 Å². The first-order valence-corrected chi connectivity index (χ1v) is 7.64. The number of nitrogens with zero attached hydrogens (tertiary/aromatic N) is 1. The highest BCUT2D eigenvalue weighted by Gasteiger charge is 2.32. The predicted octanol–water partition coefficient (Wildman–Crippen LogP) is 1.66. The van der Waals surface area contributed by atoms with Gasteiger partial charge in [-0.15, -0.1) is 0 Å². The summed E-state index contributed by atoms with van der Waals surface area (Å²) in [7, 11) is 0. The van der Waals surface area contributed by atoms with Crippen LogP contribution in [0.4, 0.5) is 5.69 Å². The molecule has 0 spiro atoms. The monoisotopic (exact) mass is 262 g/mol. The van der Waals surface area contributed by atoms with E-state index >= 15 is 0 Å². The molecule has 96 valence electrons. The summed E-state index contributed by atoms with van der Waals surface area (Å²) in [5.41, 5.74) is 8.35. The fraction of sp³-hybridized carbons (Fsp3) is 0.500. The standard InChI is InChI=1S/C14H18N2OS/c15-12-7-10-3-1-2-4-13(10)16(8-12)14(17)11-5-6-18-9-11/h1-4,11-12H,5-9,15H2. The molecule has 2 unspecified atom stereocenters. The van der Waals surface area contributed by atoms with Crippen LogP contribution in [0.25, 0.3) is 0 Å². The van der Waals surface area contributed by atoms with Gasteiger partial charge in [-0.2, -0.15) is 11.8 Å². The predicted molar refractivity (Wildman–Crippen MR) is 75.9 cm³/mol. The lowest BCUT2D eigenvalue weighted by Crippen LogP contribution is -2.48. The van der Waals surface area contributed by atoms with Gasteiger partial charge in [0.15, 0.2) is 0 Å². The van der Waals surface area contributed by atoms with E-state index in [-0.39, 0.29) is 17.9 Å². The maximum absolute atomic E-state index is 12.6. The fourth-order valence-corrected chi connectivity index (χ4v) is 4.00. The van der Waals surface area contributed by atoms with E-state index in [4.69, 9.17) is 5.73 Å². The molecular formula is C14H18N2OS. The molecule has 0 aliphatic carbocycles. The molecule has 18 heavy (non-hydrogen) atoms. The van der Waals surface area contributed by atoms with Crippen LogP contribution in [0.3, 0.4) is 0 Å². The van der Waals surface area contributed by atoms with Gasteiger partial charge in [0.2, 0.25) is 5.91 Å². The van der Waals surface area contributed by atoms with E-state index in [0.29, 0.717) is 6.54 Å². The van der Waals surface area contributed by atoms with Crippen molar-refractivity contribution in [2.45, 2.75) is 18.9 Å². The van der Waals surface area contributed by atoms with Crippen LogP contribution < -0.4 is 10.6 Å². The highest BCUT2D eigenvalue weighted by Crippen LogP contribution is 2.31. The third-order valence-electron chi connectivity index (χ3n) is 3.73. The van der Waals surface area contributed by atoms with E-state index in [2.05, 4.69) is 6.07 Å². The molecule has 1 amide bonds. The maximum Gasteiger partial charge on any atom is 0.231 e. The zero-order chi connectivity index (χ0) is 12.5. The van der Waals surface area contributed by atoms with Gasteiger partial charge in [0.05, 0.1) is 0 Å². The first kappa shape index (κ1) is 12.1.